The highest BCUT2D eigenvalue weighted by Gasteiger charge is 2.19. The number of aliphatic hydroxyl groups excluding tert-OH is 1. The fraction of sp³-hybridized carbons (Fsp3) is 0.765. The Morgan fingerprint density at radius 2 is 2.09 bits per heavy atom. The van der Waals surface area contributed by atoms with Crippen LogP contribution < -0.4 is 10.6 Å². The molecule has 0 amide bonds. The van der Waals surface area contributed by atoms with E-state index in [1.54, 1.807) is 0 Å². The number of aliphatic imine (C=N–C) groups is 1. The zero-order valence-electron chi connectivity index (χ0n) is 14.7. The third kappa shape index (κ3) is 5.86. The van der Waals surface area contributed by atoms with E-state index in [2.05, 4.69) is 40.6 Å². The van der Waals surface area contributed by atoms with Crippen LogP contribution in [-0.4, -0.2) is 46.1 Å². The number of aryl methyl sites for hydroxylation is 3. The highest BCUT2D eigenvalue weighted by molar-refractivity contribution is 5.80. The highest BCUT2D eigenvalue weighted by atomic mass is 16.3. The molecule has 1 fully saturated rings. The first-order valence-electron chi connectivity index (χ1n) is 8.82. The van der Waals surface area contributed by atoms with E-state index in [0.29, 0.717) is 6.04 Å². The van der Waals surface area contributed by atoms with Gasteiger partial charge in [0.15, 0.2) is 5.96 Å². The fourth-order valence-electron chi connectivity index (χ4n) is 3.05. The molecule has 6 heteroatoms. The lowest BCUT2D eigenvalue weighted by atomic mass is 9.93. The van der Waals surface area contributed by atoms with E-state index in [1.807, 2.05) is 11.6 Å². The van der Waals surface area contributed by atoms with Crippen LogP contribution in [0.25, 0.3) is 0 Å². The van der Waals surface area contributed by atoms with E-state index in [4.69, 9.17) is 0 Å². The van der Waals surface area contributed by atoms with Crippen molar-refractivity contribution in [3.8, 4) is 0 Å². The van der Waals surface area contributed by atoms with Crippen LogP contribution >= 0.6 is 0 Å². The summed E-state index contributed by atoms with van der Waals surface area (Å²) in [7, 11) is 0. The molecule has 0 aromatic carbocycles. The molecule has 23 heavy (non-hydrogen) atoms. The van der Waals surface area contributed by atoms with Crippen LogP contribution in [0.3, 0.4) is 0 Å². The summed E-state index contributed by atoms with van der Waals surface area (Å²) < 4.78 is 2.05. The number of hydrogen-bond acceptors (Lipinski definition) is 3. The predicted molar refractivity (Wildman–Crippen MR) is 93.7 cm³/mol. The summed E-state index contributed by atoms with van der Waals surface area (Å²) in [5.74, 6) is 0.891. The number of nitrogens with one attached hydrogen (secondary N) is 2. The zero-order chi connectivity index (χ0) is 16.7. The van der Waals surface area contributed by atoms with Gasteiger partial charge in [0.1, 0.15) is 0 Å². The first-order chi connectivity index (χ1) is 11.1. The Bertz CT molecular complexity index is 503. The Morgan fingerprint density at radius 3 is 2.70 bits per heavy atom. The lowest BCUT2D eigenvalue weighted by molar-refractivity contribution is 0.120. The average molecular weight is 321 g/mol. The molecule has 1 heterocycles. The van der Waals surface area contributed by atoms with Gasteiger partial charge >= 0.3 is 0 Å². The van der Waals surface area contributed by atoms with Gasteiger partial charge in [-0.15, -0.1) is 0 Å². The van der Waals surface area contributed by atoms with Crippen molar-refractivity contribution in [1.82, 2.24) is 20.4 Å². The maximum atomic E-state index is 9.59. The molecule has 0 aliphatic heterocycles. The van der Waals surface area contributed by atoms with Gasteiger partial charge < -0.3 is 15.7 Å². The number of aromatic nitrogens is 2. The van der Waals surface area contributed by atoms with Crippen LogP contribution in [-0.2, 0) is 6.54 Å². The summed E-state index contributed by atoms with van der Waals surface area (Å²) in [6.07, 6.45) is 4.65. The SMILES string of the molecule is CCNC(=NCCCn1nc(C)cc1C)NC1CCC(O)CC1. The largest absolute Gasteiger partial charge is 0.393 e. The summed E-state index contributed by atoms with van der Waals surface area (Å²) in [6.45, 7) is 8.74. The molecule has 0 radical (unpaired) electrons. The van der Waals surface area contributed by atoms with E-state index >= 15 is 0 Å². The molecule has 1 aromatic rings. The molecule has 6 nitrogen and oxygen atoms in total. The lowest BCUT2D eigenvalue weighted by Gasteiger charge is -2.27. The van der Waals surface area contributed by atoms with Crippen LogP contribution in [0.15, 0.2) is 11.1 Å². The lowest BCUT2D eigenvalue weighted by Crippen LogP contribution is -2.45. The molecular weight excluding hydrogens is 290 g/mol. The second kappa shape index (κ2) is 8.91. The Morgan fingerprint density at radius 1 is 1.35 bits per heavy atom. The van der Waals surface area contributed by atoms with E-state index < -0.39 is 0 Å². The van der Waals surface area contributed by atoms with Gasteiger partial charge in [-0.25, -0.2) is 0 Å². The minimum Gasteiger partial charge on any atom is -0.393 e. The van der Waals surface area contributed by atoms with Gasteiger partial charge in [-0.2, -0.15) is 5.10 Å². The Labute approximate surface area is 139 Å². The minimum atomic E-state index is -0.117. The standard InChI is InChI=1S/C17H31N5O/c1-4-18-17(20-15-6-8-16(23)9-7-15)19-10-5-11-22-14(3)12-13(2)21-22/h12,15-16,23H,4-11H2,1-3H3,(H2,18,19,20). The van der Waals surface area contributed by atoms with Crippen LogP contribution in [0.2, 0.25) is 0 Å². The monoisotopic (exact) mass is 321 g/mol. The Kier molecular flexibility index (Phi) is 6.89. The fourth-order valence-corrected chi connectivity index (χ4v) is 3.05. The highest BCUT2D eigenvalue weighted by Crippen LogP contribution is 2.18. The van der Waals surface area contributed by atoms with Crippen molar-refractivity contribution < 1.29 is 5.11 Å². The van der Waals surface area contributed by atoms with E-state index in [9.17, 15) is 5.11 Å². The van der Waals surface area contributed by atoms with Crippen molar-refractivity contribution in [3.05, 3.63) is 17.5 Å². The molecule has 1 aromatic heterocycles. The molecular formula is C17H31N5O. The topological polar surface area (TPSA) is 74.5 Å². The van der Waals surface area contributed by atoms with Crippen molar-refractivity contribution in [3.63, 3.8) is 0 Å². The van der Waals surface area contributed by atoms with Gasteiger partial charge in [0.05, 0.1) is 11.8 Å². The normalized spacial score (nSPS) is 22.2. The number of guanidine groups is 1. The van der Waals surface area contributed by atoms with Gasteiger partial charge in [-0.1, -0.05) is 0 Å². The molecule has 0 atom stereocenters. The number of aliphatic hydroxyl groups is 1. The third-order valence-corrected chi connectivity index (χ3v) is 4.28. The van der Waals surface area contributed by atoms with Crippen molar-refractivity contribution in [1.29, 1.82) is 0 Å². The first kappa shape index (κ1) is 17.8. The summed E-state index contributed by atoms with van der Waals surface area (Å²) >= 11 is 0. The molecule has 0 spiro atoms. The summed E-state index contributed by atoms with van der Waals surface area (Å²) in [6, 6.07) is 2.53. The van der Waals surface area contributed by atoms with Crippen molar-refractivity contribution in [2.45, 2.75) is 71.6 Å². The Balaban J connectivity index is 1.77. The second-order valence-corrected chi connectivity index (χ2v) is 6.41. The quantitative estimate of drug-likeness (QED) is 0.424. The van der Waals surface area contributed by atoms with E-state index in [0.717, 1.165) is 63.4 Å². The third-order valence-electron chi connectivity index (χ3n) is 4.28. The molecule has 1 aliphatic rings. The number of hydrogen-bond donors (Lipinski definition) is 3. The average Bonchev–Trinajstić information content (AvgIpc) is 2.84. The second-order valence-electron chi connectivity index (χ2n) is 6.41. The van der Waals surface area contributed by atoms with Crippen LogP contribution in [0.1, 0.15) is 50.4 Å². The maximum absolute atomic E-state index is 9.59. The number of nitrogens with zero attached hydrogens (tertiary/aromatic N) is 3. The van der Waals surface area contributed by atoms with Crippen LogP contribution in [0, 0.1) is 13.8 Å². The molecule has 2 rings (SSSR count). The minimum absolute atomic E-state index is 0.117. The number of rotatable bonds is 6. The van der Waals surface area contributed by atoms with Crippen LogP contribution in [0.4, 0.5) is 0 Å². The van der Waals surface area contributed by atoms with Crippen molar-refractivity contribution in [2.75, 3.05) is 13.1 Å². The molecule has 0 unspecified atom stereocenters. The summed E-state index contributed by atoms with van der Waals surface area (Å²) in [5.41, 5.74) is 2.28. The molecule has 0 saturated heterocycles. The maximum Gasteiger partial charge on any atom is 0.191 e. The van der Waals surface area contributed by atoms with Gasteiger partial charge in [-0.05, 0) is 58.9 Å². The van der Waals surface area contributed by atoms with Gasteiger partial charge in [0, 0.05) is 31.4 Å². The van der Waals surface area contributed by atoms with Gasteiger partial charge in [0.2, 0.25) is 0 Å². The molecule has 1 saturated carbocycles. The predicted octanol–water partition coefficient (Wildman–Crippen LogP) is 1.75. The van der Waals surface area contributed by atoms with E-state index in [1.165, 1.54) is 5.69 Å². The molecule has 3 N–H and O–H groups in total. The van der Waals surface area contributed by atoms with E-state index in [-0.39, 0.29) is 6.10 Å². The molecule has 0 bridgehead atoms. The van der Waals surface area contributed by atoms with Crippen molar-refractivity contribution >= 4 is 5.96 Å². The summed E-state index contributed by atoms with van der Waals surface area (Å²) in [5, 5.41) is 20.9. The molecule has 130 valence electrons. The van der Waals surface area contributed by atoms with Gasteiger partial charge in [0.25, 0.3) is 0 Å². The van der Waals surface area contributed by atoms with Crippen LogP contribution in [0.5, 0.6) is 0 Å². The van der Waals surface area contributed by atoms with Gasteiger partial charge in [-0.3, -0.25) is 9.67 Å². The zero-order valence-corrected chi connectivity index (χ0v) is 14.7. The van der Waals surface area contributed by atoms with Crippen molar-refractivity contribution in [2.24, 2.45) is 4.99 Å². The Hall–Kier alpha value is -1.56. The first-order valence-corrected chi connectivity index (χ1v) is 8.82. The molecule has 1 aliphatic carbocycles. The summed E-state index contributed by atoms with van der Waals surface area (Å²) in [4.78, 5) is 4.67. The smallest absolute Gasteiger partial charge is 0.191 e.